The number of aromatic nitrogens is 1. The number of rotatable bonds is 4. The Bertz CT molecular complexity index is 462. The van der Waals surface area contributed by atoms with Crippen LogP contribution in [-0.2, 0) is 6.42 Å². The van der Waals surface area contributed by atoms with E-state index in [9.17, 15) is 4.79 Å². The number of thiophene rings is 1. The Morgan fingerprint density at radius 3 is 3.19 bits per heavy atom. The van der Waals surface area contributed by atoms with E-state index < -0.39 is 0 Å². The van der Waals surface area contributed by atoms with Gasteiger partial charge in [-0.2, -0.15) is 0 Å². The highest BCUT2D eigenvalue weighted by atomic mass is 32.1. The molecule has 0 aromatic carbocycles. The third-order valence-corrected chi connectivity index (χ3v) is 3.09. The number of anilines is 1. The Morgan fingerprint density at radius 1 is 1.62 bits per heavy atom. The molecule has 16 heavy (non-hydrogen) atoms. The molecule has 0 fully saturated rings. The zero-order valence-electron chi connectivity index (χ0n) is 8.90. The third kappa shape index (κ3) is 2.49. The highest BCUT2D eigenvalue weighted by Gasteiger charge is 2.09. The van der Waals surface area contributed by atoms with Crippen LogP contribution in [0.15, 0.2) is 28.3 Å². The van der Waals surface area contributed by atoms with Crippen LogP contribution in [0.5, 0.6) is 0 Å². The smallest absolute Gasteiger partial charge is 0.257 e. The van der Waals surface area contributed by atoms with Crippen molar-refractivity contribution in [3.63, 3.8) is 0 Å². The highest BCUT2D eigenvalue weighted by molar-refractivity contribution is 7.10. The van der Waals surface area contributed by atoms with Gasteiger partial charge in [0.1, 0.15) is 6.26 Å². The van der Waals surface area contributed by atoms with E-state index in [1.54, 1.807) is 17.4 Å². The van der Waals surface area contributed by atoms with Crippen LogP contribution in [0.2, 0.25) is 0 Å². The number of carbonyl (C=O) groups excluding carboxylic acids is 1. The van der Waals surface area contributed by atoms with Crippen LogP contribution in [0.3, 0.4) is 0 Å². The molecular weight excluding hydrogens is 224 g/mol. The second kappa shape index (κ2) is 4.94. The zero-order valence-corrected chi connectivity index (χ0v) is 9.71. The van der Waals surface area contributed by atoms with Gasteiger partial charge in [-0.15, -0.1) is 11.3 Å². The first-order valence-electron chi connectivity index (χ1n) is 5.08. The molecule has 2 rings (SSSR count). The van der Waals surface area contributed by atoms with Crippen LogP contribution >= 0.6 is 11.3 Å². The van der Waals surface area contributed by atoms with Gasteiger partial charge in [0, 0.05) is 16.3 Å². The van der Waals surface area contributed by atoms with E-state index in [2.05, 4.69) is 21.9 Å². The second-order valence-corrected chi connectivity index (χ2v) is 4.39. The van der Waals surface area contributed by atoms with E-state index in [4.69, 9.17) is 0 Å². The lowest BCUT2D eigenvalue weighted by atomic mass is 10.2. The summed E-state index contributed by atoms with van der Waals surface area (Å²) in [6, 6.07) is 3.53. The molecule has 0 atom stereocenters. The predicted octanol–water partition coefficient (Wildman–Crippen LogP) is 2.94. The van der Waals surface area contributed by atoms with Crippen molar-refractivity contribution in [1.29, 1.82) is 0 Å². The van der Waals surface area contributed by atoms with Gasteiger partial charge in [-0.3, -0.25) is 4.79 Å². The molecule has 2 aromatic rings. The van der Waals surface area contributed by atoms with Crippen molar-refractivity contribution >= 4 is 23.1 Å². The Labute approximate surface area is 97.3 Å². The molecule has 1 amide bonds. The van der Waals surface area contributed by atoms with Gasteiger partial charge in [-0.05, 0) is 12.5 Å². The van der Waals surface area contributed by atoms with E-state index >= 15 is 0 Å². The molecule has 0 aliphatic rings. The van der Waals surface area contributed by atoms with Crippen LogP contribution in [-0.4, -0.2) is 11.1 Å². The number of carbonyl (C=O) groups is 1. The van der Waals surface area contributed by atoms with Crippen molar-refractivity contribution in [2.45, 2.75) is 19.8 Å². The Morgan fingerprint density at radius 2 is 2.50 bits per heavy atom. The van der Waals surface area contributed by atoms with Gasteiger partial charge in [-0.25, -0.2) is 0 Å². The maximum Gasteiger partial charge on any atom is 0.257 e. The lowest BCUT2D eigenvalue weighted by Crippen LogP contribution is -2.10. The maximum absolute atomic E-state index is 11.7. The second-order valence-electron chi connectivity index (χ2n) is 3.39. The molecular formula is C11H12N2O2S. The molecule has 84 valence electrons. The predicted molar refractivity (Wildman–Crippen MR) is 62.8 cm³/mol. The summed E-state index contributed by atoms with van der Waals surface area (Å²) in [5.74, 6) is 0.292. The Hall–Kier alpha value is -1.62. The van der Waals surface area contributed by atoms with E-state index in [1.165, 1.54) is 11.1 Å². The molecule has 0 aliphatic carbocycles. The SMILES string of the molecule is CCCc1cc(C(=O)Nc2ccon2)cs1. The molecule has 0 radical (unpaired) electrons. The van der Waals surface area contributed by atoms with Crippen molar-refractivity contribution in [3.8, 4) is 0 Å². The average molecular weight is 236 g/mol. The summed E-state index contributed by atoms with van der Waals surface area (Å²) in [5.41, 5.74) is 0.677. The zero-order chi connectivity index (χ0) is 11.4. The van der Waals surface area contributed by atoms with Crippen LogP contribution in [0.1, 0.15) is 28.6 Å². The lowest BCUT2D eigenvalue weighted by Gasteiger charge is -1.96. The van der Waals surface area contributed by atoms with E-state index in [1.807, 2.05) is 11.4 Å². The van der Waals surface area contributed by atoms with E-state index in [0.29, 0.717) is 11.4 Å². The first-order valence-corrected chi connectivity index (χ1v) is 5.96. The molecule has 5 heteroatoms. The summed E-state index contributed by atoms with van der Waals surface area (Å²) in [6.07, 6.45) is 3.53. The fraction of sp³-hybridized carbons (Fsp3) is 0.273. The average Bonchev–Trinajstić information content (AvgIpc) is 2.89. The van der Waals surface area contributed by atoms with Crippen LogP contribution in [0.4, 0.5) is 5.82 Å². The number of nitrogens with one attached hydrogen (secondary N) is 1. The highest BCUT2D eigenvalue weighted by Crippen LogP contribution is 2.17. The summed E-state index contributed by atoms with van der Waals surface area (Å²) in [7, 11) is 0. The van der Waals surface area contributed by atoms with E-state index in [0.717, 1.165) is 12.8 Å². The largest absolute Gasteiger partial charge is 0.363 e. The van der Waals surface area contributed by atoms with Crippen LogP contribution in [0.25, 0.3) is 0 Å². The molecule has 2 heterocycles. The Kier molecular flexibility index (Phi) is 3.36. The summed E-state index contributed by atoms with van der Waals surface area (Å²) >= 11 is 1.61. The molecule has 0 bridgehead atoms. The fourth-order valence-corrected chi connectivity index (χ4v) is 2.31. The number of aryl methyl sites for hydroxylation is 1. The standard InChI is InChI=1S/C11H12N2O2S/c1-2-3-9-6-8(7-16-9)11(14)12-10-4-5-15-13-10/h4-7H,2-3H2,1H3,(H,12,13,14). The monoisotopic (exact) mass is 236 g/mol. The van der Waals surface area contributed by atoms with Gasteiger partial charge in [0.15, 0.2) is 5.82 Å². The number of hydrogen-bond acceptors (Lipinski definition) is 4. The first kappa shape index (κ1) is 10.9. The topological polar surface area (TPSA) is 55.1 Å². The summed E-state index contributed by atoms with van der Waals surface area (Å²) in [5, 5.41) is 8.14. The molecule has 4 nitrogen and oxygen atoms in total. The van der Waals surface area contributed by atoms with Gasteiger partial charge in [0.05, 0.1) is 5.56 Å². The number of hydrogen-bond donors (Lipinski definition) is 1. The molecule has 0 unspecified atom stereocenters. The molecule has 2 aromatic heterocycles. The van der Waals surface area contributed by atoms with Crippen LogP contribution < -0.4 is 5.32 Å². The maximum atomic E-state index is 11.7. The minimum atomic E-state index is -0.146. The van der Waals surface area contributed by atoms with Crippen molar-refractivity contribution in [3.05, 3.63) is 34.2 Å². The van der Waals surface area contributed by atoms with Gasteiger partial charge < -0.3 is 9.84 Å². The van der Waals surface area contributed by atoms with Crippen molar-refractivity contribution < 1.29 is 9.32 Å². The van der Waals surface area contributed by atoms with Crippen molar-refractivity contribution in [2.75, 3.05) is 5.32 Å². The minimum Gasteiger partial charge on any atom is -0.363 e. The van der Waals surface area contributed by atoms with Gasteiger partial charge >= 0.3 is 0 Å². The summed E-state index contributed by atoms with van der Waals surface area (Å²) in [4.78, 5) is 13.0. The first-order chi connectivity index (χ1) is 7.79. The van der Waals surface area contributed by atoms with Gasteiger partial charge in [0.2, 0.25) is 0 Å². The van der Waals surface area contributed by atoms with Gasteiger partial charge in [-0.1, -0.05) is 18.5 Å². The molecule has 0 spiro atoms. The van der Waals surface area contributed by atoms with Crippen LogP contribution in [0, 0.1) is 0 Å². The molecule has 0 aliphatic heterocycles. The Balaban J connectivity index is 2.03. The molecule has 0 saturated heterocycles. The summed E-state index contributed by atoms with van der Waals surface area (Å²) < 4.78 is 4.63. The summed E-state index contributed by atoms with van der Waals surface area (Å²) in [6.45, 7) is 2.12. The van der Waals surface area contributed by atoms with E-state index in [-0.39, 0.29) is 5.91 Å². The fourth-order valence-electron chi connectivity index (χ4n) is 1.34. The van der Waals surface area contributed by atoms with Gasteiger partial charge in [0.25, 0.3) is 5.91 Å². The van der Waals surface area contributed by atoms with Crippen molar-refractivity contribution in [1.82, 2.24) is 5.16 Å². The molecule has 0 saturated carbocycles. The third-order valence-electron chi connectivity index (χ3n) is 2.09. The molecule has 1 N–H and O–H groups in total. The normalized spacial score (nSPS) is 10.3. The lowest BCUT2D eigenvalue weighted by molar-refractivity contribution is 0.102. The number of amides is 1. The van der Waals surface area contributed by atoms with Crippen molar-refractivity contribution in [2.24, 2.45) is 0 Å². The minimum absolute atomic E-state index is 0.146. The quantitative estimate of drug-likeness (QED) is 0.888. The number of nitrogens with zero attached hydrogens (tertiary/aromatic N) is 1.